The van der Waals surface area contributed by atoms with Gasteiger partial charge >= 0.3 is 0 Å². The number of para-hydroxylation sites is 2. The minimum absolute atomic E-state index is 0.0217. The van der Waals surface area contributed by atoms with Crippen LogP contribution in [0.25, 0.3) is 10.9 Å². The van der Waals surface area contributed by atoms with Gasteiger partial charge in [-0.2, -0.15) is 0 Å². The minimum atomic E-state index is -1.16. The Bertz CT molecular complexity index is 1580. The van der Waals surface area contributed by atoms with Crippen molar-refractivity contribution in [3.8, 4) is 5.75 Å². The first-order valence-electron chi connectivity index (χ1n) is 12.6. The highest BCUT2D eigenvalue weighted by atomic mass is 35.5. The molecule has 4 aromatic rings. The number of nitrogens with one attached hydrogen (secondary N) is 1. The molecule has 0 unspecified atom stereocenters. The molecule has 1 N–H and O–H groups in total. The Labute approximate surface area is 231 Å². The third-order valence-corrected chi connectivity index (χ3v) is 8.58. The third-order valence-electron chi connectivity index (χ3n) is 8.00. The van der Waals surface area contributed by atoms with Crippen LogP contribution in [0.1, 0.15) is 35.2 Å². The van der Waals surface area contributed by atoms with Gasteiger partial charge in [-0.1, -0.05) is 65.7 Å². The van der Waals surface area contributed by atoms with E-state index in [0.29, 0.717) is 29.6 Å². The minimum Gasteiger partial charge on any atom is -0.496 e. The van der Waals surface area contributed by atoms with Gasteiger partial charge in [0.05, 0.1) is 19.3 Å². The van der Waals surface area contributed by atoms with E-state index in [1.54, 1.807) is 29.0 Å². The van der Waals surface area contributed by atoms with Crippen LogP contribution in [0, 0.1) is 0 Å². The van der Waals surface area contributed by atoms with Gasteiger partial charge in [-0.05, 0) is 48.7 Å². The lowest BCUT2D eigenvalue weighted by Crippen LogP contribution is -2.67. The first-order valence-corrected chi connectivity index (χ1v) is 13.4. The summed E-state index contributed by atoms with van der Waals surface area (Å²) in [6, 6.07) is 21.3. The number of carbonyl (C=O) groups excluding carboxylic acids is 2. The number of hydrogen-bond acceptors (Lipinski definition) is 3. The molecule has 6 rings (SSSR count). The van der Waals surface area contributed by atoms with Crippen LogP contribution in [-0.2, 0) is 21.5 Å². The number of ether oxygens (including phenoxy) is 1. The lowest BCUT2D eigenvalue weighted by atomic mass is 9.76. The van der Waals surface area contributed by atoms with Crippen LogP contribution in [0.4, 0.5) is 0 Å². The van der Waals surface area contributed by atoms with E-state index in [4.69, 9.17) is 27.9 Å². The molecule has 0 aliphatic carbocycles. The van der Waals surface area contributed by atoms with Gasteiger partial charge in [0.15, 0.2) is 5.54 Å². The molecular weight excluding hydrogens is 521 g/mol. The number of halogens is 2. The molecule has 2 amide bonds. The fraction of sp³-hybridized carbons (Fsp3) is 0.267. The van der Waals surface area contributed by atoms with Crippen molar-refractivity contribution in [3.63, 3.8) is 0 Å². The number of fused-ring (bicyclic) bond motifs is 5. The van der Waals surface area contributed by atoms with E-state index in [1.165, 1.54) is 0 Å². The van der Waals surface area contributed by atoms with Crippen LogP contribution in [0.15, 0.2) is 66.7 Å². The topological polar surface area (TPSA) is 65.6 Å². The maximum absolute atomic E-state index is 14.2. The number of rotatable bonds is 5. The molecule has 194 valence electrons. The largest absolute Gasteiger partial charge is 0.496 e. The summed E-state index contributed by atoms with van der Waals surface area (Å²) in [4.78, 5) is 34.9. The summed E-state index contributed by atoms with van der Waals surface area (Å²) in [6.07, 6.45) is 0.522. The summed E-state index contributed by atoms with van der Waals surface area (Å²) in [5.74, 6) is 0.420. The maximum atomic E-state index is 14.2. The summed E-state index contributed by atoms with van der Waals surface area (Å²) >= 11 is 12.4. The Morgan fingerprint density at radius 3 is 2.61 bits per heavy atom. The number of H-pyrrole nitrogens is 1. The second kappa shape index (κ2) is 9.37. The number of amides is 2. The van der Waals surface area contributed by atoms with Gasteiger partial charge < -0.3 is 19.5 Å². The van der Waals surface area contributed by atoms with Crippen LogP contribution in [0.3, 0.4) is 0 Å². The van der Waals surface area contributed by atoms with E-state index in [0.717, 1.165) is 39.0 Å². The number of nitrogens with zero attached hydrogens (tertiary/aromatic N) is 2. The molecule has 6 nitrogen and oxygen atoms in total. The SMILES string of the molecule is COc1ccccc1[C@H]1CN2C(=O)CN(CCc3ccc(Cl)cc3Cl)C(=O)[C@]2(C)c2[nH]c3ccccc3c21. The molecule has 38 heavy (non-hydrogen) atoms. The van der Waals surface area contributed by atoms with Gasteiger partial charge in [0.2, 0.25) is 5.91 Å². The molecule has 2 aliphatic heterocycles. The van der Waals surface area contributed by atoms with Crippen molar-refractivity contribution in [1.82, 2.24) is 14.8 Å². The standard InChI is InChI=1S/C30H27Cl2N3O3/c1-30-28-27(21-8-3-5-9-24(21)33-28)22(20-7-4-6-10-25(20)38-2)16-35(30)26(36)17-34(29(30)37)14-13-18-11-12-19(31)15-23(18)32/h3-12,15,22,33H,13-14,16-17H2,1-2H3/t22-,30+/m1/s1. The molecule has 3 heterocycles. The number of aromatic amines is 1. The molecule has 3 aromatic carbocycles. The van der Waals surface area contributed by atoms with Gasteiger partial charge in [-0.3, -0.25) is 9.59 Å². The molecule has 8 heteroatoms. The number of hydrogen-bond donors (Lipinski definition) is 1. The Balaban J connectivity index is 1.44. The summed E-state index contributed by atoms with van der Waals surface area (Å²) in [7, 11) is 1.66. The highest BCUT2D eigenvalue weighted by molar-refractivity contribution is 6.35. The summed E-state index contributed by atoms with van der Waals surface area (Å²) in [5, 5.41) is 2.16. The van der Waals surface area contributed by atoms with E-state index >= 15 is 0 Å². The normalized spacial score (nSPS) is 21.0. The lowest BCUT2D eigenvalue weighted by Gasteiger charge is -2.51. The van der Waals surface area contributed by atoms with Gasteiger partial charge in [0.1, 0.15) is 5.75 Å². The van der Waals surface area contributed by atoms with Gasteiger partial charge in [0, 0.05) is 45.5 Å². The van der Waals surface area contributed by atoms with Crippen LogP contribution in [0.2, 0.25) is 10.0 Å². The first kappa shape index (κ1) is 24.8. The molecule has 2 aliphatic rings. The summed E-state index contributed by atoms with van der Waals surface area (Å²) in [5.41, 5.74) is 3.44. The van der Waals surface area contributed by atoms with Crippen molar-refractivity contribution in [2.75, 3.05) is 26.7 Å². The molecule has 0 spiro atoms. The number of piperazine rings is 1. The summed E-state index contributed by atoms with van der Waals surface area (Å²) < 4.78 is 5.71. The summed E-state index contributed by atoms with van der Waals surface area (Å²) in [6.45, 7) is 2.64. The third kappa shape index (κ3) is 3.77. The monoisotopic (exact) mass is 547 g/mol. The average molecular weight is 548 g/mol. The fourth-order valence-corrected chi connectivity index (χ4v) is 6.57. The molecule has 1 aromatic heterocycles. The highest BCUT2D eigenvalue weighted by Gasteiger charge is 2.56. The van der Waals surface area contributed by atoms with Crippen LogP contribution >= 0.6 is 23.2 Å². The number of benzene rings is 3. The van der Waals surface area contributed by atoms with Crippen molar-refractivity contribution in [3.05, 3.63) is 99.2 Å². The fourth-order valence-electron chi connectivity index (χ4n) is 6.07. The maximum Gasteiger partial charge on any atom is 0.254 e. The van der Waals surface area contributed by atoms with Crippen molar-refractivity contribution >= 4 is 45.9 Å². The van der Waals surface area contributed by atoms with Gasteiger partial charge in [-0.25, -0.2) is 0 Å². The quantitative estimate of drug-likeness (QED) is 0.345. The molecule has 1 saturated heterocycles. The molecule has 0 bridgehead atoms. The predicted molar refractivity (Wildman–Crippen MR) is 149 cm³/mol. The molecular formula is C30H27Cl2N3O3. The Kier molecular flexibility index (Phi) is 6.12. The van der Waals surface area contributed by atoms with E-state index in [2.05, 4.69) is 11.1 Å². The Morgan fingerprint density at radius 1 is 1.05 bits per heavy atom. The lowest BCUT2D eigenvalue weighted by molar-refractivity contribution is -0.166. The van der Waals surface area contributed by atoms with Crippen molar-refractivity contribution < 1.29 is 14.3 Å². The van der Waals surface area contributed by atoms with Gasteiger partial charge in [0.25, 0.3) is 5.91 Å². The molecule has 0 radical (unpaired) electrons. The zero-order valence-corrected chi connectivity index (χ0v) is 22.6. The Hall–Kier alpha value is -3.48. The van der Waals surface area contributed by atoms with Crippen molar-refractivity contribution in [1.29, 1.82) is 0 Å². The molecule has 0 saturated carbocycles. The van der Waals surface area contributed by atoms with Crippen LogP contribution in [0.5, 0.6) is 5.75 Å². The predicted octanol–water partition coefficient (Wildman–Crippen LogP) is 5.76. The number of methoxy groups -OCH3 is 1. The number of carbonyl (C=O) groups is 2. The number of aromatic nitrogens is 1. The zero-order chi connectivity index (χ0) is 26.6. The van der Waals surface area contributed by atoms with Crippen molar-refractivity contribution in [2.45, 2.75) is 24.8 Å². The Morgan fingerprint density at radius 2 is 1.82 bits per heavy atom. The van der Waals surface area contributed by atoms with Crippen molar-refractivity contribution in [2.24, 2.45) is 0 Å². The van der Waals surface area contributed by atoms with Gasteiger partial charge in [-0.15, -0.1) is 0 Å². The molecule has 1 fully saturated rings. The molecule has 2 atom stereocenters. The smallest absolute Gasteiger partial charge is 0.254 e. The van der Waals surface area contributed by atoms with E-state index in [-0.39, 0.29) is 24.3 Å². The second-order valence-corrected chi connectivity index (χ2v) is 10.9. The van der Waals surface area contributed by atoms with Crippen LogP contribution in [-0.4, -0.2) is 53.3 Å². The first-order chi connectivity index (χ1) is 18.3. The van der Waals surface area contributed by atoms with E-state index < -0.39 is 5.54 Å². The van der Waals surface area contributed by atoms with Crippen LogP contribution < -0.4 is 4.74 Å². The zero-order valence-electron chi connectivity index (χ0n) is 21.1. The highest BCUT2D eigenvalue weighted by Crippen LogP contribution is 2.49. The van der Waals surface area contributed by atoms with E-state index in [1.807, 2.05) is 55.5 Å². The van der Waals surface area contributed by atoms with E-state index in [9.17, 15) is 9.59 Å². The second-order valence-electron chi connectivity index (χ2n) is 10.0. The average Bonchev–Trinajstić information content (AvgIpc) is 3.32.